The van der Waals surface area contributed by atoms with Crippen molar-refractivity contribution in [2.45, 2.75) is 38.6 Å². The van der Waals surface area contributed by atoms with E-state index >= 15 is 0 Å². The number of hydrogen-bond acceptors (Lipinski definition) is 5. The van der Waals surface area contributed by atoms with E-state index in [0.717, 1.165) is 13.1 Å². The molecule has 0 aromatic heterocycles. The van der Waals surface area contributed by atoms with Crippen molar-refractivity contribution in [1.82, 2.24) is 9.80 Å². The molecule has 0 radical (unpaired) electrons. The zero-order valence-electron chi connectivity index (χ0n) is 14.6. The van der Waals surface area contributed by atoms with Gasteiger partial charge in [-0.1, -0.05) is 12.8 Å². The molecule has 1 amide bonds. The fourth-order valence-corrected chi connectivity index (χ4v) is 3.81. The predicted octanol–water partition coefficient (Wildman–Crippen LogP) is 2.69. The number of nitro benzene ring substituents is 1. The molecule has 1 aliphatic heterocycles. The lowest BCUT2D eigenvalue weighted by molar-refractivity contribution is -0.385. The minimum Gasteiger partial charge on any atom is -0.487 e. The van der Waals surface area contributed by atoms with Crippen LogP contribution >= 0.6 is 0 Å². The Morgan fingerprint density at radius 3 is 2.52 bits per heavy atom. The Hall–Kier alpha value is -2.15. The van der Waals surface area contributed by atoms with E-state index in [2.05, 4.69) is 4.90 Å². The standard InChI is InChI=1S/C18H25N3O4/c1-2-25-17-8-7-14(13-16(17)21(23)24)18(22)20-11-9-19(10-12-20)15-5-3-4-6-15/h7-8,13,15H,2-6,9-12H2,1H3. The van der Waals surface area contributed by atoms with Crippen LogP contribution in [-0.4, -0.2) is 59.5 Å². The van der Waals surface area contributed by atoms with Crippen LogP contribution in [0.2, 0.25) is 0 Å². The number of nitrogens with zero attached hydrogens (tertiary/aromatic N) is 3. The summed E-state index contributed by atoms with van der Waals surface area (Å²) in [6, 6.07) is 5.13. The summed E-state index contributed by atoms with van der Waals surface area (Å²) in [5.41, 5.74) is 0.196. The predicted molar refractivity (Wildman–Crippen MR) is 94.0 cm³/mol. The van der Waals surface area contributed by atoms with Crippen molar-refractivity contribution in [2.24, 2.45) is 0 Å². The van der Waals surface area contributed by atoms with Crippen molar-refractivity contribution in [3.63, 3.8) is 0 Å². The Balaban J connectivity index is 1.67. The van der Waals surface area contributed by atoms with Gasteiger partial charge in [0.05, 0.1) is 11.5 Å². The Bertz CT molecular complexity index is 635. The van der Waals surface area contributed by atoms with Crippen LogP contribution < -0.4 is 4.74 Å². The summed E-state index contributed by atoms with van der Waals surface area (Å²) in [7, 11) is 0. The van der Waals surface area contributed by atoms with Gasteiger partial charge in [-0.25, -0.2) is 0 Å². The highest BCUT2D eigenvalue weighted by atomic mass is 16.6. The normalized spacial score (nSPS) is 19.2. The molecule has 7 nitrogen and oxygen atoms in total. The van der Waals surface area contributed by atoms with Gasteiger partial charge in [0.25, 0.3) is 5.91 Å². The van der Waals surface area contributed by atoms with E-state index < -0.39 is 4.92 Å². The quantitative estimate of drug-likeness (QED) is 0.605. The minimum absolute atomic E-state index is 0.141. The molecular weight excluding hydrogens is 322 g/mol. The Morgan fingerprint density at radius 2 is 1.92 bits per heavy atom. The molecule has 0 N–H and O–H groups in total. The first kappa shape index (κ1) is 17.7. The topological polar surface area (TPSA) is 75.9 Å². The summed E-state index contributed by atoms with van der Waals surface area (Å²) in [6.45, 7) is 5.24. The van der Waals surface area contributed by atoms with Gasteiger partial charge in [0.2, 0.25) is 0 Å². The largest absolute Gasteiger partial charge is 0.487 e. The smallest absolute Gasteiger partial charge is 0.311 e. The van der Waals surface area contributed by atoms with Crippen molar-refractivity contribution in [2.75, 3.05) is 32.8 Å². The molecule has 1 aromatic carbocycles. The lowest BCUT2D eigenvalue weighted by atomic mass is 10.1. The molecule has 0 spiro atoms. The maximum Gasteiger partial charge on any atom is 0.311 e. The average molecular weight is 347 g/mol. The number of hydrogen-bond donors (Lipinski definition) is 0. The molecule has 1 aromatic rings. The van der Waals surface area contributed by atoms with Gasteiger partial charge in [0.1, 0.15) is 0 Å². The lowest BCUT2D eigenvalue weighted by Crippen LogP contribution is -2.51. The summed E-state index contributed by atoms with van der Waals surface area (Å²) < 4.78 is 5.28. The fraction of sp³-hybridized carbons (Fsp3) is 0.611. The summed E-state index contributed by atoms with van der Waals surface area (Å²) >= 11 is 0. The van der Waals surface area contributed by atoms with Crippen molar-refractivity contribution in [1.29, 1.82) is 0 Å². The van der Waals surface area contributed by atoms with E-state index in [-0.39, 0.29) is 17.3 Å². The number of amides is 1. The van der Waals surface area contributed by atoms with Gasteiger partial charge < -0.3 is 9.64 Å². The van der Waals surface area contributed by atoms with Gasteiger partial charge in [0.15, 0.2) is 5.75 Å². The average Bonchev–Trinajstić information content (AvgIpc) is 3.16. The molecule has 2 aliphatic rings. The zero-order chi connectivity index (χ0) is 17.8. The summed E-state index contributed by atoms with van der Waals surface area (Å²) in [5.74, 6) is 0.0623. The van der Waals surface area contributed by atoms with E-state index in [0.29, 0.717) is 31.3 Å². The molecule has 0 bridgehead atoms. The third kappa shape index (κ3) is 3.92. The van der Waals surface area contributed by atoms with E-state index in [1.165, 1.54) is 37.8 Å². The van der Waals surface area contributed by atoms with Crippen molar-refractivity contribution in [3.05, 3.63) is 33.9 Å². The zero-order valence-corrected chi connectivity index (χ0v) is 14.6. The third-order valence-corrected chi connectivity index (χ3v) is 5.14. The van der Waals surface area contributed by atoms with Gasteiger partial charge in [-0.3, -0.25) is 19.8 Å². The summed E-state index contributed by atoms with van der Waals surface area (Å²) in [6.07, 6.45) is 5.14. The maximum absolute atomic E-state index is 12.7. The number of carbonyl (C=O) groups excluding carboxylic acids is 1. The molecule has 1 saturated carbocycles. The van der Waals surface area contributed by atoms with Crippen molar-refractivity contribution in [3.8, 4) is 5.75 Å². The van der Waals surface area contributed by atoms with E-state index in [1.807, 2.05) is 0 Å². The van der Waals surface area contributed by atoms with Crippen molar-refractivity contribution >= 4 is 11.6 Å². The number of nitro groups is 1. The van der Waals surface area contributed by atoms with Crippen LogP contribution in [-0.2, 0) is 0 Å². The lowest BCUT2D eigenvalue weighted by Gasteiger charge is -2.38. The molecule has 1 heterocycles. The SMILES string of the molecule is CCOc1ccc(C(=O)N2CCN(C3CCCC3)CC2)cc1[N+](=O)[O-]. The van der Waals surface area contributed by atoms with Crippen LogP contribution in [0.4, 0.5) is 5.69 Å². The highest BCUT2D eigenvalue weighted by molar-refractivity contribution is 5.95. The van der Waals surface area contributed by atoms with Gasteiger partial charge in [-0.05, 0) is 31.9 Å². The molecular formula is C18H25N3O4. The Kier molecular flexibility index (Phi) is 5.53. The van der Waals surface area contributed by atoms with E-state index in [9.17, 15) is 14.9 Å². The third-order valence-electron chi connectivity index (χ3n) is 5.14. The highest BCUT2D eigenvalue weighted by Gasteiger charge is 2.29. The molecule has 7 heteroatoms. The Morgan fingerprint density at radius 1 is 1.24 bits per heavy atom. The number of piperazine rings is 1. The first-order chi connectivity index (χ1) is 12.1. The van der Waals surface area contributed by atoms with Crippen LogP contribution in [0.25, 0.3) is 0 Å². The summed E-state index contributed by atoms with van der Waals surface area (Å²) in [5, 5.41) is 11.2. The first-order valence-electron chi connectivity index (χ1n) is 9.04. The minimum atomic E-state index is -0.500. The second-order valence-electron chi connectivity index (χ2n) is 6.64. The fourth-order valence-electron chi connectivity index (χ4n) is 3.81. The Labute approximate surface area is 147 Å². The van der Waals surface area contributed by atoms with Gasteiger partial charge >= 0.3 is 5.69 Å². The molecule has 0 unspecified atom stereocenters. The van der Waals surface area contributed by atoms with Gasteiger partial charge in [-0.2, -0.15) is 0 Å². The van der Waals surface area contributed by atoms with Crippen LogP contribution in [0.15, 0.2) is 18.2 Å². The van der Waals surface area contributed by atoms with Gasteiger partial charge in [0, 0.05) is 43.9 Å². The van der Waals surface area contributed by atoms with Crippen molar-refractivity contribution < 1.29 is 14.5 Å². The molecule has 0 atom stereocenters. The number of carbonyl (C=O) groups is 1. The first-order valence-corrected chi connectivity index (χ1v) is 9.04. The van der Waals surface area contributed by atoms with Crippen LogP contribution in [0.5, 0.6) is 5.75 Å². The second kappa shape index (κ2) is 7.82. The molecule has 1 aliphatic carbocycles. The monoisotopic (exact) mass is 347 g/mol. The van der Waals surface area contributed by atoms with Crippen LogP contribution in [0.3, 0.4) is 0 Å². The molecule has 136 valence electrons. The maximum atomic E-state index is 12.7. The van der Waals surface area contributed by atoms with Crippen LogP contribution in [0, 0.1) is 10.1 Å². The van der Waals surface area contributed by atoms with Gasteiger partial charge in [-0.15, -0.1) is 0 Å². The molecule has 3 rings (SSSR count). The van der Waals surface area contributed by atoms with E-state index in [4.69, 9.17) is 4.74 Å². The summed E-state index contributed by atoms with van der Waals surface area (Å²) in [4.78, 5) is 27.7. The van der Waals surface area contributed by atoms with E-state index in [1.54, 1.807) is 17.9 Å². The number of ether oxygens (including phenoxy) is 1. The number of benzene rings is 1. The number of rotatable bonds is 5. The molecule has 25 heavy (non-hydrogen) atoms. The second-order valence-corrected chi connectivity index (χ2v) is 6.64. The highest BCUT2D eigenvalue weighted by Crippen LogP contribution is 2.29. The molecule has 1 saturated heterocycles. The van der Waals surface area contributed by atoms with Crippen LogP contribution in [0.1, 0.15) is 43.0 Å². The molecule has 2 fully saturated rings.